The smallest absolute Gasteiger partial charge is 0.344 e. The molecule has 1 N–H and O–H groups in total. The number of carbonyl (C=O) groups excluding carboxylic acids is 1. The summed E-state index contributed by atoms with van der Waals surface area (Å²) in [4.78, 5) is 26.2. The standard InChI is InChI=1S/C16H26N4O3S/c1-19(12-6-3-2-4-7-12)14(21)11-24-16-18-17-15(22)20(16)10-13-8-5-9-23-13/h12-13H,2-11H2,1H3,(H,17,22). The van der Waals surface area contributed by atoms with Crippen molar-refractivity contribution in [3.05, 3.63) is 10.5 Å². The Labute approximate surface area is 146 Å². The normalized spacial score (nSPS) is 22.0. The minimum atomic E-state index is -0.235. The van der Waals surface area contributed by atoms with Crippen molar-refractivity contribution in [2.75, 3.05) is 19.4 Å². The van der Waals surface area contributed by atoms with E-state index in [4.69, 9.17) is 4.74 Å². The molecular weight excluding hydrogens is 328 g/mol. The summed E-state index contributed by atoms with van der Waals surface area (Å²) in [6, 6.07) is 0.361. The van der Waals surface area contributed by atoms with E-state index in [0.717, 1.165) is 32.3 Å². The van der Waals surface area contributed by atoms with Gasteiger partial charge < -0.3 is 9.64 Å². The molecule has 1 aromatic rings. The average molecular weight is 354 g/mol. The van der Waals surface area contributed by atoms with Gasteiger partial charge in [-0.15, -0.1) is 5.10 Å². The maximum atomic E-state index is 12.4. The molecule has 134 valence electrons. The van der Waals surface area contributed by atoms with Gasteiger partial charge in [0.2, 0.25) is 5.91 Å². The zero-order valence-corrected chi connectivity index (χ0v) is 15.0. The van der Waals surface area contributed by atoms with Crippen molar-refractivity contribution >= 4 is 17.7 Å². The van der Waals surface area contributed by atoms with Crippen LogP contribution in [0.1, 0.15) is 44.9 Å². The van der Waals surface area contributed by atoms with Gasteiger partial charge in [-0.3, -0.25) is 9.36 Å². The van der Waals surface area contributed by atoms with E-state index in [0.29, 0.717) is 23.5 Å². The lowest BCUT2D eigenvalue weighted by Gasteiger charge is -2.31. The highest BCUT2D eigenvalue weighted by molar-refractivity contribution is 7.99. The summed E-state index contributed by atoms with van der Waals surface area (Å²) in [5.74, 6) is 0.411. The maximum absolute atomic E-state index is 12.4. The molecule has 3 rings (SSSR count). The van der Waals surface area contributed by atoms with Crippen LogP contribution in [-0.4, -0.2) is 57.1 Å². The van der Waals surface area contributed by atoms with Gasteiger partial charge in [-0.25, -0.2) is 9.89 Å². The van der Waals surface area contributed by atoms with Gasteiger partial charge in [0.05, 0.1) is 18.4 Å². The topological polar surface area (TPSA) is 80.2 Å². The lowest BCUT2D eigenvalue weighted by atomic mass is 9.94. The van der Waals surface area contributed by atoms with Crippen LogP contribution in [-0.2, 0) is 16.1 Å². The van der Waals surface area contributed by atoms with Crippen molar-refractivity contribution in [3.63, 3.8) is 0 Å². The average Bonchev–Trinajstić information content (AvgIpc) is 3.24. The van der Waals surface area contributed by atoms with Crippen LogP contribution in [0.2, 0.25) is 0 Å². The second kappa shape index (κ2) is 8.20. The van der Waals surface area contributed by atoms with Gasteiger partial charge in [0, 0.05) is 19.7 Å². The molecule has 24 heavy (non-hydrogen) atoms. The molecule has 1 unspecified atom stereocenters. The Kier molecular flexibility index (Phi) is 5.99. The molecule has 0 bridgehead atoms. The molecule has 7 nitrogen and oxygen atoms in total. The minimum Gasteiger partial charge on any atom is -0.376 e. The molecule has 1 aliphatic heterocycles. The van der Waals surface area contributed by atoms with Crippen molar-refractivity contribution in [3.8, 4) is 0 Å². The summed E-state index contributed by atoms with van der Waals surface area (Å²) < 4.78 is 7.19. The number of nitrogens with one attached hydrogen (secondary N) is 1. The molecule has 2 aliphatic rings. The number of carbonyl (C=O) groups is 1. The molecule has 1 amide bonds. The molecule has 1 saturated carbocycles. The second-order valence-electron chi connectivity index (χ2n) is 6.64. The predicted molar refractivity (Wildman–Crippen MR) is 92.2 cm³/mol. The Balaban J connectivity index is 1.55. The first kappa shape index (κ1) is 17.5. The van der Waals surface area contributed by atoms with Gasteiger partial charge in [0.25, 0.3) is 0 Å². The van der Waals surface area contributed by atoms with Crippen LogP contribution in [0.3, 0.4) is 0 Å². The fourth-order valence-corrected chi connectivity index (χ4v) is 4.35. The fourth-order valence-electron chi connectivity index (χ4n) is 3.47. The first-order valence-corrected chi connectivity index (χ1v) is 9.79. The largest absolute Gasteiger partial charge is 0.376 e. The van der Waals surface area contributed by atoms with Crippen LogP contribution >= 0.6 is 11.8 Å². The number of rotatable bonds is 6. The van der Waals surface area contributed by atoms with E-state index in [1.165, 1.54) is 31.0 Å². The van der Waals surface area contributed by atoms with Crippen molar-refractivity contribution in [2.45, 2.75) is 68.8 Å². The van der Waals surface area contributed by atoms with Crippen molar-refractivity contribution < 1.29 is 9.53 Å². The lowest BCUT2D eigenvalue weighted by Crippen LogP contribution is -2.39. The minimum absolute atomic E-state index is 0.0697. The number of thioether (sulfide) groups is 1. The number of H-pyrrole nitrogens is 1. The number of aromatic nitrogens is 3. The van der Waals surface area contributed by atoms with E-state index in [2.05, 4.69) is 10.2 Å². The first-order chi connectivity index (χ1) is 11.6. The SMILES string of the molecule is CN(C(=O)CSc1n[nH]c(=O)n1CC1CCCO1)C1CCCCC1. The number of amides is 1. The molecule has 1 aliphatic carbocycles. The van der Waals surface area contributed by atoms with E-state index >= 15 is 0 Å². The second-order valence-corrected chi connectivity index (χ2v) is 7.58. The molecule has 2 heterocycles. The van der Waals surface area contributed by atoms with Crippen molar-refractivity contribution in [1.82, 2.24) is 19.7 Å². The highest BCUT2D eigenvalue weighted by Gasteiger charge is 2.24. The molecule has 1 atom stereocenters. The highest BCUT2D eigenvalue weighted by Crippen LogP contribution is 2.23. The highest BCUT2D eigenvalue weighted by atomic mass is 32.2. The van der Waals surface area contributed by atoms with Crippen LogP contribution < -0.4 is 5.69 Å². The van der Waals surface area contributed by atoms with Gasteiger partial charge in [-0.1, -0.05) is 31.0 Å². The summed E-state index contributed by atoms with van der Waals surface area (Å²) in [5, 5.41) is 7.12. The Morgan fingerprint density at radius 1 is 1.33 bits per heavy atom. The van der Waals surface area contributed by atoms with Crippen LogP contribution in [0.4, 0.5) is 0 Å². The summed E-state index contributed by atoms with van der Waals surface area (Å²) in [7, 11) is 1.89. The van der Waals surface area contributed by atoms with Crippen LogP contribution in [0, 0.1) is 0 Å². The summed E-state index contributed by atoms with van der Waals surface area (Å²) in [6.45, 7) is 1.26. The number of nitrogens with zero attached hydrogens (tertiary/aromatic N) is 3. The third-order valence-electron chi connectivity index (χ3n) is 4.97. The van der Waals surface area contributed by atoms with Crippen LogP contribution in [0.15, 0.2) is 9.95 Å². The Morgan fingerprint density at radius 2 is 2.12 bits per heavy atom. The summed E-state index contributed by atoms with van der Waals surface area (Å²) in [6.07, 6.45) is 7.94. The third kappa shape index (κ3) is 4.22. The quantitative estimate of drug-likeness (QED) is 0.786. The molecule has 1 saturated heterocycles. The van der Waals surface area contributed by atoms with E-state index in [1.54, 1.807) is 4.57 Å². The zero-order chi connectivity index (χ0) is 16.9. The van der Waals surface area contributed by atoms with Gasteiger partial charge in [0.15, 0.2) is 5.16 Å². The van der Waals surface area contributed by atoms with Crippen molar-refractivity contribution in [2.24, 2.45) is 0 Å². The van der Waals surface area contributed by atoms with Gasteiger partial charge in [-0.05, 0) is 25.7 Å². The monoisotopic (exact) mass is 354 g/mol. The molecule has 1 aromatic heterocycles. The van der Waals surface area contributed by atoms with Crippen LogP contribution in [0.25, 0.3) is 0 Å². The number of aromatic amines is 1. The molecule has 0 radical (unpaired) electrons. The fraction of sp³-hybridized carbons (Fsp3) is 0.812. The van der Waals surface area contributed by atoms with Crippen LogP contribution in [0.5, 0.6) is 0 Å². The van der Waals surface area contributed by atoms with Crippen molar-refractivity contribution in [1.29, 1.82) is 0 Å². The van der Waals surface area contributed by atoms with Gasteiger partial charge in [-0.2, -0.15) is 0 Å². The van der Waals surface area contributed by atoms with E-state index in [-0.39, 0.29) is 17.7 Å². The number of ether oxygens (including phenoxy) is 1. The van der Waals surface area contributed by atoms with Gasteiger partial charge in [0.1, 0.15) is 0 Å². The number of hydrogen-bond acceptors (Lipinski definition) is 5. The lowest BCUT2D eigenvalue weighted by molar-refractivity contribution is -0.129. The third-order valence-corrected chi connectivity index (χ3v) is 5.94. The Hall–Kier alpha value is -1.28. The molecule has 2 fully saturated rings. The summed E-state index contributed by atoms with van der Waals surface area (Å²) >= 11 is 1.33. The maximum Gasteiger partial charge on any atom is 0.344 e. The summed E-state index contributed by atoms with van der Waals surface area (Å²) in [5.41, 5.74) is -0.235. The van der Waals surface area contributed by atoms with E-state index in [1.807, 2.05) is 11.9 Å². The van der Waals surface area contributed by atoms with E-state index < -0.39 is 0 Å². The number of hydrogen-bond donors (Lipinski definition) is 1. The molecule has 8 heteroatoms. The molecule has 0 aromatic carbocycles. The Morgan fingerprint density at radius 3 is 2.83 bits per heavy atom. The first-order valence-electron chi connectivity index (χ1n) is 8.80. The molecular formula is C16H26N4O3S. The van der Waals surface area contributed by atoms with E-state index in [9.17, 15) is 9.59 Å². The zero-order valence-electron chi connectivity index (χ0n) is 14.2. The predicted octanol–water partition coefficient (Wildman–Crippen LogP) is 1.63. The molecule has 0 spiro atoms. The van der Waals surface area contributed by atoms with Gasteiger partial charge >= 0.3 is 5.69 Å². The Bertz CT molecular complexity index is 603.